The summed E-state index contributed by atoms with van der Waals surface area (Å²) in [6.07, 6.45) is 7.01. The Morgan fingerprint density at radius 2 is 1.80 bits per heavy atom. The van der Waals surface area contributed by atoms with Crippen LogP contribution >= 0.6 is 0 Å². The van der Waals surface area contributed by atoms with E-state index in [0.717, 1.165) is 22.2 Å². The molecule has 25 heavy (non-hydrogen) atoms. The molecule has 1 amide bonds. The fraction of sp³-hybridized carbons (Fsp3) is 0.0526. The average Bonchev–Trinajstić information content (AvgIpc) is 3.06. The van der Waals surface area contributed by atoms with Crippen LogP contribution in [0.4, 0.5) is 5.69 Å². The highest BCUT2D eigenvalue weighted by Crippen LogP contribution is 2.18. The molecular weight excluding hydrogens is 314 g/mol. The first-order valence-electron chi connectivity index (χ1n) is 7.88. The molecule has 2 N–H and O–H groups in total. The van der Waals surface area contributed by atoms with Gasteiger partial charge in [-0.2, -0.15) is 0 Å². The first-order valence-corrected chi connectivity index (χ1v) is 7.88. The van der Waals surface area contributed by atoms with E-state index < -0.39 is 0 Å². The molecule has 0 unspecified atom stereocenters. The number of aromatic nitrogens is 4. The lowest BCUT2D eigenvalue weighted by atomic mass is 10.1. The van der Waals surface area contributed by atoms with Gasteiger partial charge in [0.25, 0.3) is 0 Å². The fourth-order valence-electron chi connectivity index (χ4n) is 2.67. The monoisotopic (exact) mass is 329 g/mol. The summed E-state index contributed by atoms with van der Waals surface area (Å²) in [6, 6.07) is 13.5. The van der Waals surface area contributed by atoms with E-state index in [0.29, 0.717) is 11.5 Å². The number of benzene rings is 1. The van der Waals surface area contributed by atoms with Crippen molar-refractivity contribution in [1.29, 1.82) is 0 Å². The van der Waals surface area contributed by atoms with Crippen LogP contribution in [0, 0.1) is 0 Å². The summed E-state index contributed by atoms with van der Waals surface area (Å²) in [5, 5.41) is 3.78. The first kappa shape index (κ1) is 15.0. The van der Waals surface area contributed by atoms with Crippen LogP contribution in [0.25, 0.3) is 22.4 Å². The zero-order valence-electron chi connectivity index (χ0n) is 13.3. The second-order valence-corrected chi connectivity index (χ2v) is 5.60. The quantitative estimate of drug-likeness (QED) is 0.602. The van der Waals surface area contributed by atoms with Gasteiger partial charge in [-0.05, 0) is 17.7 Å². The molecule has 0 saturated heterocycles. The van der Waals surface area contributed by atoms with E-state index >= 15 is 0 Å². The Hall–Kier alpha value is -3.54. The average molecular weight is 329 g/mol. The first-order chi connectivity index (χ1) is 12.3. The normalized spacial score (nSPS) is 10.7. The van der Waals surface area contributed by atoms with E-state index in [1.54, 1.807) is 18.6 Å². The van der Waals surface area contributed by atoms with Crippen molar-refractivity contribution < 1.29 is 4.79 Å². The third kappa shape index (κ3) is 3.23. The molecule has 0 fully saturated rings. The molecular formula is C19H15N5O. The number of H-pyrrole nitrogens is 1. The number of amides is 1. The smallest absolute Gasteiger partial charge is 0.228 e. The van der Waals surface area contributed by atoms with Gasteiger partial charge in [0.05, 0.1) is 24.5 Å². The van der Waals surface area contributed by atoms with Crippen molar-refractivity contribution in [3.63, 3.8) is 0 Å². The van der Waals surface area contributed by atoms with Gasteiger partial charge in [0.15, 0.2) is 5.82 Å². The second kappa shape index (κ2) is 6.52. The molecule has 0 saturated carbocycles. The maximum absolute atomic E-state index is 12.3. The number of hydrogen-bond acceptors (Lipinski definition) is 4. The fourth-order valence-corrected chi connectivity index (χ4v) is 2.67. The summed E-state index contributed by atoms with van der Waals surface area (Å²) in [6.45, 7) is 0. The molecule has 3 heterocycles. The predicted octanol–water partition coefficient (Wildman–Crippen LogP) is 3.20. The number of hydrogen-bond donors (Lipinski definition) is 2. The third-order valence-electron chi connectivity index (χ3n) is 3.86. The molecule has 6 heteroatoms. The molecule has 0 aliphatic carbocycles. The standard InChI is InChI=1S/C19H15N5O/c25-17(9-14-10-21-19-16(14)7-4-8-20-19)24-15-11-22-18(23-12-15)13-5-2-1-3-6-13/h1-8,10-12H,9H2,(H,20,21)(H,24,25). The van der Waals surface area contributed by atoms with Gasteiger partial charge in [-0.15, -0.1) is 0 Å². The lowest BCUT2D eigenvalue weighted by molar-refractivity contribution is -0.115. The van der Waals surface area contributed by atoms with Crippen LogP contribution < -0.4 is 5.32 Å². The number of carbonyl (C=O) groups is 1. The number of pyridine rings is 1. The number of anilines is 1. The van der Waals surface area contributed by atoms with Gasteiger partial charge in [0.2, 0.25) is 5.91 Å². The molecule has 6 nitrogen and oxygen atoms in total. The predicted molar refractivity (Wildman–Crippen MR) is 95.9 cm³/mol. The van der Waals surface area contributed by atoms with E-state index in [1.165, 1.54) is 0 Å². The maximum atomic E-state index is 12.3. The van der Waals surface area contributed by atoms with Gasteiger partial charge in [-0.1, -0.05) is 30.3 Å². The second-order valence-electron chi connectivity index (χ2n) is 5.60. The molecule has 0 spiro atoms. The van der Waals surface area contributed by atoms with Crippen molar-refractivity contribution in [2.45, 2.75) is 6.42 Å². The van der Waals surface area contributed by atoms with Crippen molar-refractivity contribution >= 4 is 22.6 Å². The van der Waals surface area contributed by atoms with Gasteiger partial charge in [-0.3, -0.25) is 4.79 Å². The summed E-state index contributed by atoms with van der Waals surface area (Å²) in [5.74, 6) is 0.502. The molecule has 0 atom stereocenters. The number of aromatic amines is 1. The van der Waals surface area contributed by atoms with Gasteiger partial charge < -0.3 is 10.3 Å². The number of nitrogens with zero attached hydrogens (tertiary/aromatic N) is 3. The van der Waals surface area contributed by atoms with Crippen molar-refractivity contribution in [2.24, 2.45) is 0 Å². The van der Waals surface area contributed by atoms with Crippen LogP contribution in [-0.4, -0.2) is 25.8 Å². The Bertz CT molecular complexity index is 1010. The third-order valence-corrected chi connectivity index (χ3v) is 3.86. The van der Waals surface area contributed by atoms with E-state index in [1.807, 2.05) is 48.7 Å². The van der Waals surface area contributed by atoms with Crippen molar-refractivity contribution in [3.8, 4) is 11.4 Å². The summed E-state index contributed by atoms with van der Waals surface area (Å²) in [7, 11) is 0. The van der Waals surface area contributed by atoms with Crippen LogP contribution in [0.1, 0.15) is 5.56 Å². The molecule has 0 bridgehead atoms. The lowest BCUT2D eigenvalue weighted by Crippen LogP contribution is -2.14. The zero-order chi connectivity index (χ0) is 17.1. The van der Waals surface area contributed by atoms with Gasteiger partial charge in [0, 0.05) is 23.3 Å². The molecule has 122 valence electrons. The number of nitrogens with one attached hydrogen (secondary N) is 2. The minimum Gasteiger partial charge on any atom is -0.346 e. The zero-order valence-corrected chi connectivity index (χ0v) is 13.3. The molecule has 0 aliphatic heterocycles. The van der Waals surface area contributed by atoms with Crippen molar-refractivity contribution in [2.75, 3.05) is 5.32 Å². The van der Waals surface area contributed by atoms with Crippen molar-refractivity contribution in [3.05, 3.63) is 72.8 Å². The van der Waals surface area contributed by atoms with Gasteiger partial charge >= 0.3 is 0 Å². The Morgan fingerprint density at radius 3 is 2.60 bits per heavy atom. The summed E-state index contributed by atoms with van der Waals surface area (Å²) in [5.41, 5.74) is 3.19. The largest absolute Gasteiger partial charge is 0.346 e. The molecule has 3 aromatic heterocycles. The highest BCUT2D eigenvalue weighted by molar-refractivity contribution is 5.95. The number of carbonyl (C=O) groups excluding carboxylic acids is 1. The van der Waals surface area contributed by atoms with E-state index in [9.17, 15) is 4.79 Å². The van der Waals surface area contributed by atoms with Crippen LogP contribution in [0.15, 0.2) is 67.3 Å². The van der Waals surface area contributed by atoms with Gasteiger partial charge in [0.1, 0.15) is 5.65 Å². The maximum Gasteiger partial charge on any atom is 0.228 e. The van der Waals surface area contributed by atoms with Crippen LogP contribution in [0.5, 0.6) is 0 Å². The molecule has 4 aromatic rings. The molecule has 1 aromatic carbocycles. The highest BCUT2D eigenvalue weighted by Gasteiger charge is 2.10. The van der Waals surface area contributed by atoms with E-state index in [2.05, 4.69) is 25.3 Å². The van der Waals surface area contributed by atoms with E-state index in [4.69, 9.17) is 0 Å². The van der Waals surface area contributed by atoms with Crippen LogP contribution in [0.2, 0.25) is 0 Å². The van der Waals surface area contributed by atoms with Crippen LogP contribution in [-0.2, 0) is 11.2 Å². The van der Waals surface area contributed by atoms with Crippen LogP contribution in [0.3, 0.4) is 0 Å². The minimum absolute atomic E-state index is 0.124. The Morgan fingerprint density at radius 1 is 1.00 bits per heavy atom. The summed E-state index contributed by atoms with van der Waals surface area (Å²) < 4.78 is 0. The number of fused-ring (bicyclic) bond motifs is 1. The topological polar surface area (TPSA) is 83.6 Å². The molecule has 0 radical (unpaired) electrons. The van der Waals surface area contributed by atoms with Gasteiger partial charge in [-0.25, -0.2) is 15.0 Å². The van der Waals surface area contributed by atoms with Crippen molar-refractivity contribution in [1.82, 2.24) is 19.9 Å². The Labute approximate surface area is 144 Å². The van der Waals surface area contributed by atoms with E-state index in [-0.39, 0.29) is 12.3 Å². The molecule has 0 aliphatic rings. The lowest BCUT2D eigenvalue weighted by Gasteiger charge is -2.05. The summed E-state index contributed by atoms with van der Waals surface area (Å²) >= 11 is 0. The highest BCUT2D eigenvalue weighted by atomic mass is 16.1. The summed E-state index contributed by atoms with van der Waals surface area (Å²) in [4.78, 5) is 28.2. The Balaban J connectivity index is 1.46. The molecule has 4 rings (SSSR count). The number of rotatable bonds is 4. The SMILES string of the molecule is O=C(Cc1c[nH]c2ncccc12)Nc1cnc(-c2ccccc2)nc1. The minimum atomic E-state index is -0.124. The Kier molecular flexibility index (Phi) is 3.92.